The summed E-state index contributed by atoms with van der Waals surface area (Å²) in [6.45, 7) is 8.79. The Labute approximate surface area is 162 Å². The van der Waals surface area contributed by atoms with Crippen LogP contribution in [0, 0.1) is 11.7 Å². The number of unbranched alkanes of at least 4 members (excludes halogenated alkanes) is 7. The van der Waals surface area contributed by atoms with Crippen LogP contribution in [0.5, 0.6) is 0 Å². The van der Waals surface area contributed by atoms with E-state index in [1.165, 1.54) is 77.0 Å². The van der Waals surface area contributed by atoms with Gasteiger partial charge in [-0.1, -0.05) is 97.1 Å². The van der Waals surface area contributed by atoms with Crippen molar-refractivity contribution in [2.24, 2.45) is 5.92 Å². The number of hydrogen-bond acceptors (Lipinski definition) is 1. The van der Waals surface area contributed by atoms with Gasteiger partial charge in [0, 0.05) is 13.1 Å². The zero-order chi connectivity index (χ0) is 19.0. The van der Waals surface area contributed by atoms with Crippen molar-refractivity contribution in [3.8, 4) is 0 Å². The molecule has 1 nitrogen and oxygen atoms in total. The topological polar surface area (TPSA) is 3.24 Å². The highest BCUT2D eigenvalue weighted by molar-refractivity contribution is 5.47. The van der Waals surface area contributed by atoms with Crippen LogP contribution in [0.4, 0.5) is 10.1 Å². The Kier molecular flexibility index (Phi) is 13.3. The summed E-state index contributed by atoms with van der Waals surface area (Å²) in [6.07, 6.45) is 15.5. The van der Waals surface area contributed by atoms with Crippen molar-refractivity contribution in [1.82, 2.24) is 0 Å². The number of anilines is 1. The van der Waals surface area contributed by atoms with Gasteiger partial charge in [0.05, 0.1) is 5.69 Å². The van der Waals surface area contributed by atoms with Crippen LogP contribution < -0.4 is 4.90 Å². The molecule has 0 N–H and O–H groups in total. The highest BCUT2D eigenvalue weighted by atomic mass is 19.1. The largest absolute Gasteiger partial charge is 0.369 e. The highest BCUT2D eigenvalue weighted by Crippen LogP contribution is 2.23. The van der Waals surface area contributed by atoms with Crippen molar-refractivity contribution >= 4 is 5.69 Å². The lowest BCUT2D eigenvalue weighted by Gasteiger charge is -2.27. The van der Waals surface area contributed by atoms with Gasteiger partial charge in [0.1, 0.15) is 5.82 Å². The minimum atomic E-state index is -0.0722. The summed E-state index contributed by atoms with van der Waals surface area (Å²) >= 11 is 0. The van der Waals surface area contributed by atoms with E-state index in [2.05, 4.69) is 25.7 Å². The zero-order valence-corrected chi connectivity index (χ0v) is 17.6. The Bertz CT molecular complexity index is 446. The molecule has 0 aliphatic heterocycles. The minimum Gasteiger partial charge on any atom is -0.369 e. The molecule has 0 saturated heterocycles. The average molecular weight is 364 g/mol. The van der Waals surface area contributed by atoms with Gasteiger partial charge < -0.3 is 4.90 Å². The van der Waals surface area contributed by atoms with Crippen molar-refractivity contribution < 1.29 is 4.39 Å². The van der Waals surface area contributed by atoms with Crippen molar-refractivity contribution in [1.29, 1.82) is 0 Å². The number of hydrogen-bond donors (Lipinski definition) is 0. The predicted octanol–water partition coefficient (Wildman–Crippen LogP) is 7.99. The highest BCUT2D eigenvalue weighted by Gasteiger charge is 2.13. The molecule has 0 spiro atoms. The number of benzene rings is 1. The lowest BCUT2D eigenvalue weighted by atomic mass is 9.95. The molecule has 2 heteroatoms. The molecule has 1 unspecified atom stereocenters. The molecule has 0 amide bonds. The Morgan fingerprint density at radius 1 is 0.769 bits per heavy atom. The molecule has 1 aromatic carbocycles. The molecule has 1 rings (SSSR count). The van der Waals surface area contributed by atoms with Gasteiger partial charge in [-0.2, -0.15) is 0 Å². The fraction of sp³-hybridized carbons (Fsp3) is 0.750. The van der Waals surface area contributed by atoms with Gasteiger partial charge >= 0.3 is 0 Å². The maximum atomic E-state index is 14.3. The first-order valence-electron chi connectivity index (χ1n) is 11.2. The maximum Gasteiger partial charge on any atom is 0.146 e. The normalized spacial score (nSPS) is 12.3. The maximum absolute atomic E-state index is 14.3. The van der Waals surface area contributed by atoms with Gasteiger partial charge in [0.2, 0.25) is 0 Å². The summed E-state index contributed by atoms with van der Waals surface area (Å²) in [4.78, 5) is 2.30. The van der Waals surface area contributed by atoms with Crippen molar-refractivity contribution in [2.45, 2.75) is 97.8 Å². The first kappa shape index (κ1) is 23.0. The second-order valence-electron chi connectivity index (χ2n) is 7.76. The summed E-state index contributed by atoms with van der Waals surface area (Å²) in [5.41, 5.74) is 0.795. The third-order valence-electron chi connectivity index (χ3n) is 5.58. The van der Waals surface area contributed by atoms with E-state index in [0.717, 1.165) is 24.7 Å². The van der Waals surface area contributed by atoms with E-state index in [-0.39, 0.29) is 5.82 Å². The summed E-state index contributed by atoms with van der Waals surface area (Å²) in [6, 6.07) is 7.30. The molecule has 0 fully saturated rings. The van der Waals surface area contributed by atoms with Crippen LogP contribution in [0.25, 0.3) is 0 Å². The zero-order valence-electron chi connectivity index (χ0n) is 17.6. The van der Waals surface area contributed by atoms with Gasteiger partial charge in [0.25, 0.3) is 0 Å². The summed E-state index contributed by atoms with van der Waals surface area (Å²) < 4.78 is 14.3. The van der Waals surface area contributed by atoms with Crippen LogP contribution in [0.3, 0.4) is 0 Å². The third kappa shape index (κ3) is 9.59. The number of nitrogens with zero attached hydrogens (tertiary/aromatic N) is 1. The molecule has 0 aliphatic rings. The van der Waals surface area contributed by atoms with Gasteiger partial charge in [-0.05, 0) is 30.9 Å². The number of rotatable bonds is 16. The minimum absolute atomic E-state index is 0.0722. The fourth-order valence-electron chi connectivity index (χ4n) is 3.70. The van der Waals surface area contributed by atoms with E-state index in [4.69, 9.17) is 0 Å². The molecule has 0 saturated carbocycles. The van der Waals surface area contributed by atoms with Crippen LogP contribution in [-0.2, 0) is 0 Å². The molecule has 0 radical (unpaired) electrons. The van der Waals surface area contributed by atoms with Crippen molar-refractivity contribution in [3.05, 3.63) is 30.1 Å². The van der Waals surface area contributed by atoms with Crippen LogP contribution >= 0.6 is 0 Å². The lowest BCUT2D eigenvalue weighted by molar-refractivity contribution is 0.419. The van der Waals surface area contributed by atoms with Gasteiger partial charge in [0.15, 0.2) is 0 Å². The second kappa shape index (κ2) is 15.1. The van der Waals surface area contributed by atoms with E-state index in [1.54, 1.807) is 12.1 Å². The van der Waals surface area contributed by atoms with Crippen molar-refractivity contribution in [2.75, 3.05) is 18.0 Å². The molecule has 0 heterocycles. The number of halogens is 1. The van der Waals surface area contributed by atoms with Gasteiger partial charge in [-0.15, -0.1) is 0 Å². The first-order valence-corrected chi connectivity index (χ1v) is 11.2. The number of para-hydroxylation sites is 1. The lowest BCUT2D eigenvalue weighted by Crippen LogP contribution is -2.28. The van der Waals surface area contributed by atoms with Gasteiger partial charge in [-0.3, -0.25) is 0 Å². The standard InChI is InChI=1S/C24H42FN/c1-4-7-9-10-11-12-15-20-26(24-18-14-13-17-23(24)25)21-19-22(6-3)16-8-5-2/h13-14,17-18,22H,4-12,15-16,19-21H2,1-3H3. The van der Waals surface area contributed by atoms with E-state index < -0.39 is 0 Å². The monoisotopic (exact) mass is 363 g/mol. The first-order chi connectivity index (χ1) is 12.7. The van der Waals surface area contributed by atoms with Crippen LogP contribution in [0.1, 0.15) is 97.8 Å². The molecule has 0 bridgehead atoms. The average Bonchev–Trinajstić information content (AvgIpc) is 2.66. The Morgan fingerprint density at radius 3 is 2.08 bits per heavy atom. The molecule has 150 valence electrons. The fourth-order valence-corrected chi connectivity index (χ4v) is 3.70. The molecule has 1 aromatic rings. The van der Waals surface area contributed by atoms with Gasteiger partial charge in [-0.25, -0.2) is 4.39 Å². The van der Waals surface area contributed by atoms with E-state index in [9.17, 15) is 4.39 Å². The molecule has 26 heavy (non-hydrogen) atoms. The Morgan fingerprint density at radius 2 is 1.42 bits per heavy atom. The van der Waals surface area contributed by atoms with Crippen LogP contribution in [-0.4, -0.2) is 13.1 Å². The summed E-state index contributed by atoms with van der Waals surface area (Å²) in [7, 11) is 0. The van der Waals surface area contributed by atoms with Crippen LogP contribution in [0.15, 0.2) is 24.3 Å². The molecule has 0 aliphatic carbocycles. The summed E-state index contributed by atoms with van der Waals surface area (Å²) in [5.74, 6) is 0.704. The Balaban J connectivity index is 2.50. The van der Waals surface area contributed by atoms with E-state index >= 15 is 0 Å². The smallest absolute Gasteiger partial charge is 0.146 e. The van der Waals surface area contributed by atoms with E-state index in [0.29, 0.717) is 0 Å². The molecular weight excluding hydrogens is 321 g/mol. The molecule has 1 atom stereocenters. The predicted molar refractivity (Wildman–Crippen MR) is 115 cm³/mol. The molecule has 0 aromatic heterocycles. The SMILES string of the molecule is CCCCCCCCCN(CCC(CC)CCCC)c1ccccc1F. The quantitative estimate of drug-likeness (QED) is 0.269. The summed E-state index contributed by atoms with van der Waals surface area (Å²) in [5, 5.41) is 0. The second-order valence-corrected chi connectivity index (χ2v) is 7.76. The van der Waals surface area contributed by atoms with Crippen molar-refractivity contribution in [3.63, 3.8) is 0 Å². The van der Waals surface area contributed by atoms with Crippen LogP contribution in [0.2, 0.25) is 0 Å². The molecular formula is C24H42FN. The Hall–Kier alpha value is -1.05. The van der Waals surface area contributed by atoms with E-state index in [1.807, 2.05) is 12.1 Å². The third-order valence-corrected chi connectivity index (χ3v) is 5.58.